The minimum Gasteiger partial charge on any atom is -0.462 e. The molecule has 33 heavy (non-hydrogen) atoms. The summed E-state index contributed by atoms with van der Waals surface area (Å²) >= 11 is 0. The monoisotopic (exact) mass is 470 g/mol. The standard InChI is InChI=1S/C23H26N4O5S/c28-23(31-15-7-11-21-25-22(26-32-21)19-9-6-12-24-17-19)18-8-5-10-20(16-18)33(29,30)27-13-3-1-2-4-14-27/h5-6,8-10,12,16-17H,1-4,7,11,13-15H2. The molecule has 0 aliphatic carbocycles. The molecular weight excluding hydrogens is 444 g/mol. The lowest BCUT2D eigenvalue weighted by molar-refractivity contribution is 0.0498. The largest absolute Gasteiger partial charge is 0.462 e. The molecule has 1 fully saturated rings. The second-order valence-corrected chi connectivity index (χ2v) is 9.78. The van der Waals surface area contributed by atoms with Gasteiger partial charge in [0.2, 0.25) is 21.7 Å². The molecule has 4 rings (SSSR count). The molecule has 0 spiro atoms. The van der Waals surface area contributed by atoms with Crippen LogP contribution >= 0.6 is 0 Å². The van der Waals surface area contributed by atoms with Crippen molar-refractivity contribution in [3.63, 3.8) is 0 Å². The molecule has 0 radical (unpaired) electrons. The Morgan fingerprint density at radius 3 is 2.67 bits per heavy atom. The van der Waals surface area contributed by atoms with Crippen molar-refractivity contribution in [1.82, 2.24) is 19.4 Å². The molecular formula is C23H26N4O5S. The highest BCUT2D eigenvalue weighted by atomic mass is 32.2. The molecule has 0 amide bonds. The highest BCUT2D eigenvalue weighted by Gasteiger charge is 2.26. The SMILES string of the molecule is O=C(OCCCc1nc(-c2cccnc2)no1)c1cccc(S(=O)(=O)N2CCCCCC2)c1. The second-order valence-electron chi connectivity index (χ2n) is 7.84. The van der Waals surface area contributed by atoms with Crippen LogP contribution in [0.3, 0.4) is 0 Å². The van der Waals surface area contributed by atoms with Gasteiger partial charge in [0, 0.05) is 37.5 Å². The number of pyridine rings is 1. The molecule has 0 unspecified atom stereocenters. The van der Waals surface area contributed by atoms with Crippen LogP contribution in [0.5, 0.6) is 0 Å². The number of esters is 1. The summed E-state index contributed by atoms with van der Waals surface area (Å²) in [6, 6.07) is 9.67. The van der Waals surface area contributed by atoms with E-state index in [1.807, 2.05) is 6.07 Å². The Morgan fingerprint density at radius 2 is 1.91 bits per heavy atom. The van der Waals surface area contributed by atoms with Gasteiger partial charge >= 0.3 is 5.97 Å². The molecule has 1 aliphatic rings. The predicted molar refractivity (Wildman–Crippen MR) is 120 cm³/mol. The first-order valence-corrected chi connectivity index (χ1v) is 12.5. The number of aromatic nitrogens is 3. The maximum atomic E-state index is 13.0. The Balaban J connectivity index is 1.31. The van der Waals surface area contributed by atoms with Crippen molar-refractivity contribution in [3.05, 3.63) is 60.2 Å². The summed E-state index contributed by atoms with van der Waals surface area (Å²) in [7, 11) is -3.63. The van der Waals surface area contributed by atoms with Crippen molar-refractivity contribution < 1.29 is 22.5 Å². The number of benzene rings is 1. The van der Waals surface area contributed by atoms with Crippen LogP contribution in [0, 0.1) is 0 Å². The van der Waals surface area contributed by atoms with Gasteiger partial charge in [0.1, 0.15) is 0 Å². The van der Waals surface area contributed by atoms with Crippen molar-refractivity contribution >= 4 is 16.0 Å². The van der Waals surface area contributed by atoms with E-state index in [4.69, 9.17) is 9.26 Å². The van der Waals surface area contributed by atoms with Gasteiger partial charge in [0.15, 0.2) is 0 Å². The number of carbonyl (C=O) groups is 1. The quantitative estimate of drug-likeness (QED) is 0.363. The second kappa shape index (κ2) is 10.7. The Kier molecular flexibility index (Phi) is 7.46. The Hall–Kier alpha value is -3.11. The number of carbonyl (C=O) groups excluding carboxylic acids is 1. The van der Waals surface area contributed by atoms with Gasteiger partial charge in [-0.2, -0.15) is 9.29 Å². The van der Waals surface area contributed by atoms with E-state index in [1.54, 1.807) is 30.6 Å². The fourth-order valence-corrected chi connectivity index (χ4v) is 5.22. The van der Waals surface area contributed by atoms with Crippen LogP contribution in [-0.2, 0) is 21.2 Å². The summed E-state index contributed by atoms with van der Waals surface area (Å²) in [5.74, 6) is 0.331. The molecule has 174 valence electrons. The number of ether oxygens (including phenoxy) is 1. The van der Waals surface area contributed by atoms with Gasteiger partial charge in [-0.25, -0.2) is 13.2 Å². The van der Waals surface area contributed by atoms with Crippen LogP contribution in [0.2, 0.25) is 0 Å². The Bertz CT molecular complexity index is 1170. The van der Waals surface area contributed by atoms with Crippen LogP contribution in [0.25, 0.3) is 11.4 Å². The highest BCUT2D eigenvalue weighted by Crippen LogP contribution is 2.21. The number of rotatable bonds is 8. The number of sulfonamides is 1. The molecule has 9 nitrogen and oxygen atoms in total. The van der Waals surface area contributed by atoms with Gasteiger partial charge in [-0.05, 0) is 49.6 Å². The minimum absolute atomic E-state index is 0.118. The third-order valence-electron chi connectivity index (χ3n) is 5.43. The lowest BCUT2D eigenvalue weighted by Crippen LogP contribution is -2.32. The number of hydrogen-bond acceptors (Lipinski definition) is 8. The van der Waals surface area contributed by atoms with Gasteiger partial charge in [0.25, 0.3) is 0 Å². The van der Waals surface area contributed by atoms with E-state index in [0.29, 0.717) is 37.6 Å². The number of aryl methyl sites for hydroxylation is 1. The summed E-state index contributed by atoms with van der Waals surface area (Å²) < 4.78 is 38.0. The summed E-state index contributed by atoms with van der Waals surface area (Å²) in [6.45, 7) is 1.16. The molecule has 2 aromatic heterocycles. The minimum atomic E-state index is -3.63. The lowest BCUT2D eigenvalue weighted by Gasteiger charge is -2.20. The Labute approximate surface area is 192 Å². The van der Waals surface area contributed by atoms with Crippen LogP contribution < -0.4 is 0 Å². The first-order chi connectivity index (χ1) is 16.0. The number of nitrogens with zero attached hydrogens (tertiary/aromatic N) is 4. The third-order valence-corrected chi connectivity index (χ3v) is 7.32. The number of hydrogen-bond donors (Lipinski definition) is 0. The Morgan fingerprint density at radius 1 is 1.09 bits per heavy atom. The van der Waals surface area contributed by atoms with Crippen LogP contribution in [0.4, 0.5) is 0 Å². The van der Waals surface area contributed by atoms with Crippen molar-refractivity contribution in [2.45, 2.75) is 43.4 Å². The third kappa shape index (κ3) is 5.82. The average molecular weight is 471 g/mol. The van der Waals surface area contributed by atoms with E-state index in [0.717, 1.165) is 31.2 Å². The summed E-state index contributed by atoms with van der Waals surface area (Å²) in [5.41, 5.74) is 0.969. The molecule has 1 aliphatic heterocycles. The maximum absolute atomic E-state index is 13.0. The lowest BCUT2D eigenvalue weighted by atomic mass is 10.2. The van der Waals surface area contributed by atoms with Gasteiger partial charge in [0.05, 0.1) is 17.1 Å². The zero-order chi connectivity index (χ0) is 23.1. The molecule has 0 bridgehead atoms. The molecule has 1 aromatic carbocycles. The zero-order valence-corrected chi connectivity index (χ0v) is 19.0. The molecule has 0 saturated carbocycles. The first kappa shape index (κ1) is 23.1. The van der Waals surface area contributed by atoms with Crippen LogP contribution in [0.1, 0.15) is 48.4 Å². The summed E-state index contributed by atoms with van der Waals surface area (Å²) in [6.07, 6.45) is 8.03. The summed E-state index contributed by atoms with van der Waals surface area (Å²) in [4.78, 5) is 20.9. The van der Waals surface area contributed by atoms with Gasteiger partial charge in [-0.15, -0.1) is 0 Å². The fourth-order valence-electron chi connectivity index (χ4n) is 3.65. The van der Waals surface area contributed by atoms with Crippen molar-refractivity contribution in [1.29, 1.82) is 0 Å². The van der Waals surface area contributed by atoms with E-state index < -0.39 is 16.0 Å². The predicted octanol–water partition coefficient (Wildman–Crippen LogP) is 3.49. The van der Waals surface area contributed by atoms with Gasteiger partial charge in [-0.3, -0.25) is 4.98 Å². The van der Waals surface area contributed by atoms with Crippen LogP contribution in [0.15, 0.2) is 58.2 Å². The van der Waals surface area contributed by atoms with E-state index >= 15 is 0 Å². The van der Waals surface area contributed by atoms with Crippen molar-refractivity contribution in [2.75, 3.05) is 19.7 Å². The molecule has 1 saturated heterocycles. The van der Waals surface area contributed by atoms with Crippen molar-refractivity contribution in [3.8, 4) is 11.4 Å². The van der Waals surface area contributed by atoms with E-state index in [-0.39, 0.29) is 17.1 Å². The average Bonchev–Trinajstić information content (AvgIpc) is 3.14. The molecule has 0 atom stereocenters. The van der Waals surface area contributed by atoms with Crippen LogP contribution in [-0.4, -0.2) is 53.5 Å². The van der Waals surface area contributed by atoms with E-state index in [1.165, 1.54) is 16.4 Å². The van der Waals surface area contributed by atoms with Gasteiger partial charge in [-0.1, -0.05) is 24.1 Å². The highest BCUT2D eigenvalue weighted by molar-refractivity contribution is 7.89. The fraction of sp³-hybridized carbons (Fsp3) is 0.391. The van der Waals surface area contributed by atoms with E-state index in [2.05, 4.69) is 15.1 Å². The zero-order valence-electron chi connectivity index (χ0n) is 18.2. The van der Waals surface area contributed by atoms with Crippen molar-refractivity contribution in [2.24, 2.45) is 0 Å². The normalized spacial score (nSPS) is 15.2. The molecule has 0 N–H and O–H groups in total. The topological polar surface area (TPSA) is 115 Å². The smallest absolute Gasteiger partial charge is 0.338 e. The van der Waals surface area contributed by atoms with E-state index in [9.17, 15) is 13.2 Å². The molecule has 10 heteroatoms. The summed E-state index contributed by atoms with van der Waals surface area (Å²) in [5, 5.41) is 3.93. The van der Waals surface area contributed by atoms with Gasteiger partial charge < -0.3 is 9.26 Å². The molecule has 3 aromatic rings. The first-order valence-electron chi connectivity index (χ1n) is 11.0. The maximum Gasteiger partial charge on any atom is 0.338 e. The molecule has 3 heterocycles.